The molecule has 0 bridgehead atoms. The van der Waals surface area contributed by atoms with Crippen LogP contribution in [0.5, 0.6) is 5.75 Å². The number of urea groups is 1. The standard InChI is InChI=1S/C20H24N4O5/c1-20(12-8-9-12)18(27)24(19(28)21-20)11-16(25)23-10-15(17(26)22(2)3)29-14-7-5-4-6-13(14)23/h4-7,12,15H,8-11H2,1-3H3,(H,21,28)/t15-,20-/m0/s1. The molecule has 2 fully saturated rings. The SMILES string of the molecule is CN(C)C(=O)[C@@H]1CN(C(=O)CN2C(=O)N[C@@](C)(C3CC3)C2=O)c2ccccc2O1. The van der Waals surface area contributed by atoms with E-state index in [1.54, 1.807) is 45.3 Å². The van der Waals surface area contributed by atoms with E-state index in [-0.39, 0.29) is 30.8 Å². The lowest BCUT2D eigenvalue weighted by molar-refractivity contribution is -0.137. The molecule has 1 saturated heterocycles. The predicted octanol–water partition coefficient (Wildman–Crippen LogP) is 0.589. The van der Waals surface area contributed by atoms with Gasteiger partial charge < -0.3 is 19.9 Å². The Morgan fingerprint density at radius 3 is 2.59 bits per heavy atom. The Labute approximate surface area is 168 Å². The normalized spacial score (nSPS) is 26.0. The van der Waals surface area contributed by atoms with Gasteiger partial charge in [0.1, 0.15) is 17.8 Å². The lowest BCUT2D eigenvalue weighted by Gasteiger charge is -2.35. The van der Waals surface area contributed by atoms with Crippen LogP contribution in [0.4, 0.5) is 10.5 Å². The number of hydrogen-bond acceptors (Lipinski definition) is 5. The van der Waals surface area contributed by atoms with Crippen molar-refractivity contribution in [1.29, 1.82) is 0 Å². The van der Waals surface area contributed by atoms with Crippen molar-refractivity contribution in [3.63, 3.8) is 0 Å². The summed E-state index contributed by atoms with van der Waals surface area (Å²) in [6.07, 6.45) is 0.911. The van der Waals surface area contributed by atoms with Gasteiger partial charge in [-0.15, -0.1) is 0 Å². The Hall–Kier alpha value is -3.10. The van der Waals surface area contributed by atoms with E-state index in [1.165, 1.54) is 9.80 Å². The number of nitrogens with one attached hydrogen (secondary N) is 1. The molecular formula is C20H24N4O5. The molecule has 3 aliphatic rings. The fourth-order valence-corrected chi connectivity index (χ4v) is 3.90. The second-order valence-electron chi connectivity index (χ2n) is 8.11. The van der Waals surface area contributed by atoms with Crippen molar-refractivity contribution in [2.24, 2.45) is 5.92 Å². The van der Waals surface area contributed by atoms with E-state index in [9.17, 15) is 19.2 Å². The molecule has 1 aliphatic carbocycles. The maximum Gasteiger partial charge on any atom is 0.325 e. The number of nitrogens with zero attached hydrogens (tertiary/aromatic N) is 3. The summed E-state index contributed by atoms with van der Waals surface area (Å²) < 4.78 is 5.78. The van der Waals surface area contributed by atoms with E-state index in [0.29, 0.717) is 11.4 Å². The lowest BCUT2D eigenvalue weighted by Crippen LogP contribution is -2.53. The summed E-state index contributed by atoms with van der Waals surface area (Å²) in [5, 5.41) is 2.74. The van der Waals surface area contributed by atoms with Gasteiger partial charge in [0.25, 0.3) is 11.8 Å². The highest BCUT2D eigenvalue weighted by Crippen LogP contribution is 2.42. The molecule has 2 heterocycles. The molecule has 1 aromatic rings. The molecule has 0 aromatic heterocycles. The summed E-state index contributed by atoms with van der Waals surface area (Å²) in [5.74, 6) is -0.562. The van der Waals surface area contributed by atoms with Gasteiger partial charge in [-0.3, -0.25) is 19.3 Å². The fourth-order valence-electron chi connectivity index (χ4n) is 3.90. The maximum atomic E-state index is 13.1. The third kappa shape index (κ3) is 3.20. The molecule has 9 nitrogen and oxygen atoms in total. The maximum absolute atomic E-state index is 13.1. The molecule has 29 heavy (non-hydrogen) atoms. The van der Waals surface area contributed by atoms with E-state index >= 15 is 0 Å². The first kappa shape index (κ1) is 19.2. The van der Waals surface area contributed by atoms with Crippen LogP contribution < -0.4 is 15.0 Å². The van der Waals surface area contributed by atoms with Crippen molar-refractivity contribution in [3.05, 3.63) is 24.3 Å². The minimum Gasteiger partial charge on any atom is -0.476 e. The van der Waals surface area contributed by atoms with Crippen molar-refractivity contribution in [2.75, 3.05) is 32.1 Å². The molecule has 5 amide bonds. The van der Waals surface area contributed by atoms with Crippen LogP contribution in [0, 0.1) is 5.92 Å². The van der Waals surface area contributed by atoms with Gasteiger partial charge in [0.15, 0.2) is 6.10 Å². The van der Waals surface area contributed by atoms with Crippen molar-refractivity contribution < 1.29 is 23.9 Å². The lowest BCUT2D eigenvalue weighted by atomic mass is 9.96. The fraction of sp³-hybridized carbons (Fsp3) is 0.500. The van der Waals surface area contributed by atoms with Crippen LogP contribution in [-0.2, 0) is 14.4 Å². The molecule has 0 unspecified atom stereocenters. The molecule has 1 N–H and O–H groups in total. The van der Waals surface area contributed by atoms with Gasteiger partial charge in [0, 0.05) is 14.1 Å². The zero-order valence-electron chi connectivity index (χ0n) is 16.7. The van der Waals surface area contributed by atoms with Crippen LogP contribution in [0.15, 0.2) is 24.3 Å². The third-order valence-electron chi connectivity index (χ3n) is 5.78. The van der Waals surface area contributed by atoms with Crippen LogP contribution >= 0.6 is 0 Å². The first-order valence-electron chi connectivity index (χ1n) is 9.63. The van der Waals surface area contributed by atoms with Gasteiger partial charge in [0.05, 0.1) is 12.2 Å². The summed E-state index contributed by atoms with van der Waals surface area (Å²) in [7, 11) is 3.23. The number of imide groups is 1. The molecule has 0 spiro atoms. The number of fused-ring (bicyclic) bond motifs is 1. The predicted molar refractivity (Wildman–Crippen MR) is 103 cm³/mol. The Balaban J connectivity index is 1.56. The first-order chi connectivity index (χ1) is 13.7. The second kappa shape index (κ2) is 6.75. The molecule has 1 aromatic carbocycles. The largest absolute Gasteiger partial charge is 0.476 e. The Kier molecular flexibility index (Phi) is 4.48. The number of carbonyl (C=O) groups is 4. The number of ether oxygens (including phenoxy) is 1. The molecule has 9 heteroatoms. The number of anilines is 1. The number of para-hydroxylation sites is 2. The van der Waals surface area contributed by atoms with E-state index in [1.807, 2.05) is 0 Å². The second-order valence-corrected chi connectivity index (χ2v) is 8.11. The highest BCUT2D eigenvalue weighted by atomic mass is 16.5. The van der Waals surface area contributed by atoms with Crippen molar-refractivity contribution in [1.82, 2.24) is 15.1 Å². The Morgan fingerprint density at radius 1 is 1.24 bits per heavy atom. The smallest absolute Gasteiger partial charge is 0.325 e. The van der Waals surface area contributed by atoms with Crippen molar-refractivity contribution >= 4 is 29.4 Å². The van der Waals surface area contributed by atoms with E-state index < -0.39 is 23.6 Å². The summed E-state index contributed by atoms with van der Waals surface area (Å²) in [4.78, 5) is 54.6. The van der Waals surface area contributed by atoms with Crippen LogP contribution in [0.25, 0.3) is 0 Å². The summed E-state index contributed by atoms with van der Waals surface area (Å²) in [5.41, 5.74) is -0.429. The zero-order chi connectivity index (χ0) is 20.9. The molecule has 2 aliphatic heterocycles. The minimum absolute atomic E-state index is 0.0103. The van der Waals surface area contributed by atoms with Crippen LogP contribution in [0.1, 0.15) is 19.8 Å². The van der Waals surface area contributed by atoms with Gasteiger partial charge in [-0.25, -0.2) is 4.79 Å². The van der Waals surface area contributed by atoms with Gasteiger partial charge in [0.2, 0.25) is 5.91 Å². The number of hydrogen-bond donors (Lipinski definition) is 1. The highest BCUT2D eigenvalue weighted by Gasteiger charge is 2.56. The van der Waals surface area contributed by atoms with E-state index in [2.05, 4.69) is 5.32 Å². The number of likely N-dealkylation sites (N-methyl/N-ethyl adjacent to an activating group) is 1. The monoisotopic (exact) mass is 400 g/mol. The number of amides is 5. The number of carbonyl (C=O) groups excluding carboxylic acids is 4. The van der Waals surface area contributed by atoms with Gasteiger partial charge >= 0.3 is 6.03 Å². The first-order valence-corrected chi connectivity index (χ1v) is 9.63. The average molecular weight is 400 g/mol. The molecule has 2 atom stereocenters. The number of rotatable bonds is 4. The summed E-state index contributed by atoms with van der Waals surface area (Å²) >= 11 is 0. The molecule has 1 saturated carbocycles. The Morgan fingerprint density at radius 2 is 1.93 bits per heavy atom. The molecule has 0 radical (unpaired) electrons. The molecular weight excluding hydrogens is 376 g/mol. The third-order valence-corrected chi connectivity index (χ3v) is 5.78. The van der Waals surface area contributed by atoms with Crippen LogP contribution in [-0.4, -0.2) is 72.4 Å². The molecule has 154 valence electrons. The molecule has 4 rings (SSSR count). The van der Waals surface area contributed by atoms with Gasteiger partial charge in [-0.2, -0.15) is 0 Å². The van der Waals surface area contributed by atoms with E-state index in [0.717, 1.165) is 17.7 Å². The quantitative estimate of drug-likeness (QED) is 0.746. The highest BCUT2D eigenvalue weighted by molar-refractivity contribution is 6.11. The average Bonchev–Trinajstić information content (AvgIpc) is 3.52. The van der Waals surface area contributed by atoms with E-state index in [4.69, 9.17) is 4.74 Å². The summed E-state index contributed by atoms with van der Waals surface area (Å²) in [6.45, 7) is 1.34. The van der Waals surface area contributed by atoms with Gasteiger partial charge in [-0.05, 0) is 37.8 Å². The summed E-state index contributed by atoms with van der Waals surface area (Å²) in [6, 6.07) is 6.35. The van der Waals surface area contributed by atoms with Crippen LogP contribution in [0.2, 0.25) is 0 Å². The van der Waals surface area contributed by atoms with Crippen molar-refractivity contribution in [3.8, 4) is 5.75 Å². The Bertz CT molecular complexity index is 897. The van der Waals surface area contributed by atoms with Gasteiger partial charge in [-0.1, -0.05) is 12.1 Å². The zero-order valence-corrected chi connectivity index (χ0v) is 16.7. The van der Waals surface area contributed by atoms with Crippen molar-refractivity contribution in [2.45, 2.75) is 31.4 Å². The van der Waals surface area contributed by atoms with Crippen LogP contribution in [0.3, 0.4) is 0 Å². The minimum atomic E-state index is -0.941. The number of benzene rings is 1. The topological polar surface area (TPSA) is 99.3 Å².